The van der Waals surface area contributed by atoms with Gasteiger partial charge in [-0.2, -0.15) is 0 Å². The monoisotopic (exact) mass is 748 g/mol. The first-order chi connectivity index (χ1) is 26.4. The van der Waals surface area contributed by atoms with Crippen molar-refractivity contribution in [1.82, 2.24) is 40.4 Å². The summed E-state index contributed by atoms with van der Waals surface area (Å²) in [5, 5.41) is 14.5. The molecular weight excluding hydrogens is 701 g/mol. The fraction of sp³-hybridized carbons (Fsp3) is 0.463. The Morgan fingerprint density at radius 1 is 0.673 bits per heavy atom. The molecule has 55 heavy (non-hydrogen) atoms. The number of carboxylic acid groups (broad SMARTS) is 1. The highest BCUT2D eigenvalue weighted by Crippen LogP contribution is 2.54. The van der Waals surface area contributed by atoms with Crippen LogP contribution in [-0.2, 0) is 14.3 Å². The summed E-state index contributed by atoms with van der Waals surface area (Å²) >= 11 is 0. The number of alkyl carbamates (subject to hydrolysis) is 1. The largest absolute Gasteiger partial charge is 0.465 e. The summed E-state index contributed by atoms with van der Waals surface area (Å²) in [6.07, 6.45) is 5.36. The van der Waals surface area contributed by atoms with Crippen LogP contribution >= 0.6 is 0 Å². The number of nitrogens with zero attached hydrogens (tertiary/aromatic N) is 4. The minimum absolute atomic E-state index is 0.0999. The zero-order chi connectivity index (χ0) is 38.7. The summed E-state index contributed by atoms with van der Waals surface area (Å²) in [6.45, 7) is 7.53. The SMILES string of the molecule is COC(=O)N[C@H](C(=O)N1[C@H](c2ncc(-c3ccc(-c4ccc(-c5cnc([C@@H]6C[C@@H]7C[C@@H]7N6C(=O)[C@@H](NC(=O)O)C(C)C)[nH]5)cc4)cc3)[nH]2)C[C@@H]2C[C@@H]21)C(C)C. The molecule has 14 nitrogen and oxygen atoms in total. The molecule has 0 radical (unpaired) electrons. The number of imidazole rings is 2. The fourth-order valence-corrected chi connectivity index (χ4v) is 8.69. The minimum Gasteiger partial charge on any atom is -0.465 e. The minimum atomic E-state index is -1.20. The second-order valence-electron chi connectivity index (χ2n) is 16.2. The average molecular weight is 749 g/mol. The van der Waals surface area contributed by atoms with Crippen LogP contribution in [0.3, 0.4) is 0 Å². The molecule has 5 N–H and O–H groups in total. The van der Waals surface area contributed by atoms with Gasteiger partial charge in [0.15, 0.2) is 0 Å². The van der Waals surface area contributed by atoms with E-state index in [2.05, 4.69) is 62.0 Å². The van der Waals surface area contributed by atoms with Crippen LogP contribution in [0.4, 0.5) is 9.59 Å². The van der Waals surface area contributed by atoms with Gasteiger partial charge in [-0.3, -0.25) is 9.59 Å². The first kappa shape index (κ1) is 36.3. The third kappa shape index (κ3) is 6.94. The molecule has 2 aromatic heterocycles. The lowest BCUT2D eigenvalue weighted by atomic mass is 10.0. The molecule has 14 heteroatoms. The molecule has 8 atom stereocenters. The van der Waals surface area contributed by atoms with E-state index in [9.17, 15) is 24.3 Å². The Labute approximate surface area is 319 Å². The predicted molar refractivity (Wildman–Crippen MR) is 203 cm³/mol. The maximum atomic E-state index is 13.8. The van der Waals surface area contributed by atoms with Gasteiger partial charge in [-0.15, -0.1) is 0 Å². The van der Waals surface area contributed by atoms with E-state index in [4.69, 9.17) is 9.72 Å². The number of amides is 4. The number of piperidine rings is 2. The zero-order valence-electron chi connectivity index (χ0n) is 31.7. The van der Waals surface area contributed by atoms with Gasteiger partial charge in [0.05, 0.1) is 43.0 Å². The van der Waals surface area contributed by atoms with Crippen LogP contribution in [0.1, 0.15) is 77.1 Å². The van der Waals surface area contributed by atoms with Crippen molar-refractivity contribution < 1.29 is 29.0 Å². The molecule has 0 spiro atoms. The molecule has 4 aliphatic rings. The number of likely N-dealkylation sites (tertiary alicyclic amines) is 2. The third-order valence-electron chi connectivity index (χ3n) is 11.9. The Morgan fingerprint density at radius 2 is 1.07 bits per heavy atom. The number of hydrogen-bond donors (Lipinski definition) is 5. The first-order valence-electron chi connectivity index (χ1n) is 19.2. The van der Waals surface area contributed by atoms with E-state index in [1.165, 1.54) is 7.11 Å². The van der Waals surface area contributed by atoms with E-state index in [0.29, 0.717) is 11.8 Å². The van der Waals surface area contributed by atoms with Crippen LogP contribution in [0.15, 0.2) is 60.9 Å². The van der Waals surface area contributed by atoms with E-state index >= 15 is 0 Å². The number of rotatable bonds is 11. The Hall–Kier alpha value is -5.66. The zero-order valence-corrected chi connectivity index (χ0v) is 31.7. The number of fused-ring (bicyclic) bond motifs is 2. The van der Waals surface area contributed by atoms with Gasteiger partial charge in [-0.1, -0.05) is 76.2 Å². The van der Waals surface area contributed by atoms with Crippen molar-refractivity contribution in [1.29, 1.82) is 0 Å². The second kappa shape index (κ2) is 14.2. The topological polar surface area (TPSA) is 186 Å². The summed E-state index contributed by atoms with van der Waals surface area (Å²) in [5.41, 5.74) is 5.77. The number of nitrogens with one attached hydrogen (secondary N) is 4. The van der Waals surface area contributed by atoms with Crippen LogP contribution in [-0.4, -0.2) is 90.1 Å². The summed E-state index contributed by atoms with van der Waals surface area (Å²) in [6, 6.07) is 14.9. The molecule has 2 aromatic carbocycles. The average Bonchev–Trinajstić information content (AvgIpc) is 3.76. The van der Waals surface area contributed by atoms with Crippen molar-refractivity contribution in [2.75, 3.05) is 7.11 Å². The molecule has 288 valence electrons. The Morgan fingerprint density at radius 3 is 1.45 bits per heavy atom. The van der Waals surface area contributed by atoms with E-state index < -0.39 is 24.3 Å². The van der Waals surface area contributed by atoms with Crippen molar-refractivity contribution in [3.8, 4) is 33.6 Å². The highest BCUT2D eigenvalue weighted by atomic mass is 16.5. The van der Waals surface area contributed by atoms with E-state index in [0.717, 1.165) is 71.0 Å². The third-order valence-corrected chi connectivity index (χ3v) is 11.9. The summed E-state index contributed by atoms with van der Waals surface area (Å²) in [5.74, 6) is 1.75. The molecule has 0 unspecified atom stereocenters. The lowest BCUT2D eigenvalue weighted by Crippen LogP contribution is -2.52. The standard InChI is InChI=1S/C41H48N8O6/c1-20(2)34(46-40(52)53)38(50)48-30-14-26(30)16-32(48)36-42-18-28(44-36)24-10-6-22(7-11-24)23-8-12-25(13-9-23)29-19-43-37(45-29)33-17-27-15-31(27)49(33)39(51)35(21(3)4)47-41(54)55-5/h6-13,18-21,26-27,30-35,46H,14-17H2,1-5H3,(H,42,44)(H,43,45)(H,47,54)(H,52,53)/t26-,27-,30-,31-,32-,33-,34-,35-/m0/s1. The fourth-order valence-electron chi connectivity index (χ4n) is 8.69. The van der Waals surface area contributed by atoms with Gasteiger partial charge in [0.2, 0.25) is 11.8 Å². The van der Waals surface area contributed by atoms with Gasteiger partial charge < -0.3 is 40.2 Å². The van der Waals surface area contributed by atoms with Crippen LogP contribution in [0, 0.1) is 23.7 Å². The number of H-pyrrole nitrogens is 2. The predicted octanol–water partition coefficient (Wildman–Crippen LogP) is 6.13. The van der Waals surface area contributed by atoms with Gasteiger partial charge in [0.1, 0.15) is 23.7 Å². The molecule has 2 aliphatic heterocycles. The highest BCUT2D eigenvalue weighted by Gasteiger charge is 2.57. The van der Waals surface area contributed by atoms with Crippen molar-refractivity contribution in [3.05, 3.63) is 72.6 Å². The Kier molecular flexibility index (Phi) is 9.38. The number of methoxy groups -OCH3 is 1. The van der Waals surface area contributed by atoms with Crippen molar-refractivity contribution in [2.24, 2.45) is 23.7 Å². The molecule has 8 rings (SSSR count). The second-order valence-corrected chi connectivity index (χ2v) is 16.2. The van der Waals surface area contributed by atoms with Gasteiger partial charge in [0, 0.05) is 12.1 Å². The van der Waals surface area contributed by atoms with Crippen molar-refractivity contribution in [3.63, 3.8) is 0 Å². The maximum absolute atomic E-state index is 13.8. The number of aromatic nitrogens is 4. The first-order valence-corrected chi connectivity index (χ1v) is 19.2. The van der Waals surface area contributed by atoms with Gasteiger partial charge >= 0.3 is 12.2 Å². The quantitative estimate of drug-likeness (QED) is 0.121. The van der Waals surface area contributed by atoms with Crippen LogP contribution in [0.25, 0.3) is 33.6 Å². The lowest BCUT2D eigenvalue weighted by molar-refractivity contribution is -0.137. The smallest absolute Gasteiger partial charge is 0.407 e. The molecule has 4 aromatic rings. The highest BCUT2D eigenvalue weighted by molar-refractivity contribution is 5.88. The van der Waals surface area contributed by atoms with E-state index in [-0.39, 0.29) is 47.8 Å². The lowest BCUT2D eigenvalue weighted by Gasteiger charge is -2.31. The summed E-state index contributed by atoms with van der Waals surface area (Å²) in [7, 11) is 1.30. The van der Waals surface area contributed by atoms with E-state index in [1.807, 2.05) is 55.8 Å². The number of carbonyl (C=O) groups is 4. The summed E-state index contributed by atoms with van der Waals surface area (Å²) in [4.78, 5) is 70.9. The number of carbonyl (C=O) groups excluding carboxylic acids is 3. The number of benzene rings is 2. The van der Waals surface area contributed by atoms with Crippen molar-refractivity contribution >= 4 is 24.0 Å². The van der Waals surface area contributed by atoms with Gasteiger partial charge in [-0.25, -0.2) is 19.6 Å². The number of hydrogen-bond acceptors (Lipinski definition) is 7. The molecule has 2 saturated carbocycles. The molecule has 4 amide bonds. The molecule has 0 bridgehead atoms. The summed E-state index contributed by atoms with van der Waals surface area (Å²) < 4.78 is 4.79. The molecule has 2 aliphatic carbocycles. The van der Waals surface area contributed by atoms with Crippen LogP contribution < -0.4 is 10.6 Å². The number of ether oxygens (including phenoxy) is 1. The van der Waals surface area contributed by atoms with Crippen molar-refractivity contribution in [2.45, 2.75) is 89.6 Å². The Balaban J connectivity index is 0.933. The van der Waals surface area contributed by atoms with E-state index in [1.54, 1.807) is 6.20 Å². The molecular formula is C41H48N8O6. The van der Waals surface area contributed by atoms with Crippen LogP contribution in [0.5, 0.6) is 0 Å². The van der Waals surface area contributed by atoms with Gasteiger partial charge in [-0.05, 0) is 71.6 Å². The molecule has 2 saturated heterocycles. The van der Waals surface area contributed by atoms with Crippen LogP contribution in [0.2, 0.25) is 0 Å². The maximum Gasteiger partial charge on any atom is 0.407 e. The normalized spacial score (nSPS) is 24.6. The van der Waals surface area contributed by atoms with Gasteiger partial charge in [0.25, 0.3) is 0 Å². The molecule has 4 heterocycles. The Bertz CT molecular complexity index is 2090. The molecule has 4 fully saturated rings. The number of aromatic amines is 2.